The molecule has 0 saturated heterocycles. The minimum absolute atomic E-state index is 0.0170. The van der Waals surface area contributed by atoms with E-state index in [1.807, 2.05) is 0 Å². The van der Waals surface area contributed by atoms with Crippen molar-refractivity contribution in [2.24, 2.45) is 50.9 Å². The summed E-state index contributed by atoms with van der Waals surface area (Å²) in [4.78, 5) is 0. The van der Waals surface area contributed by atoms with Gasteiger partial charge in [-0.1, -0.05) is 248 Å². The number of aromatic nitrogens is 4. The molecule has 0 radical (unpaired) electrons. The highest BCUT2D eigenvalue weighted by atomic mass is 16.3. The first-order chi connectivity index (χ1) is 66.9. The van der Waals surface area contributed by atoms with Crippen LogP contribution in [-0.2, 0) is 49.9 Å². The molecule has 20 aromatic rings. The number of hydrogen-bond acceptors (Lipinski definition) is 4. The molecule has 1 saturated carbocycles. The smallest absolute Gasteiger partial charge is 0.216 e. The van der Waals surface area contributed by atoms with Gasteiger partial charge in [0, 0.05) is 113 Å². The lowest BCUT2D eigenvalue weighted by Gasteiger charge is -2.42. The lowest BCUT2D eigenvalue weighted by atomic mass is 9.62. The van der Waals surface area contributed by atoms with Gasteiger partial charge in [-0.25, -0.2) is 18.3 Å². The lowest BCUT2D eigenvalue weighted by molar-refractivity contribution is -0.660. The highest BCUT2D eigenvalue weighted by molar-refractivity contribution is 6.17. The quantitative estimate of drug-likeness (QED) is 0.128. The first-order valence-corrected chi connectivity index (χ1v) is 51.2. The van der Waals surface area contributed by atoms with Crippen LogP contribution in [0.15, 0.2) is 285 Å². The first-order valence-electron chi connectivity index (χ1n) is 51.2. The number of benzene rings is 12. The molecule has 0 amide bonds. The Balaban J connectivity index is 0.000000108. The van der Waals surface area contributed by atoms with Gasteiger partial charge in [0.2, 0.25) is 22.8 Å². The zero-order valence-electron chi connectivity index (χ0n) is 86.6. The fourth-order valence-corrected chi connectivity index (χ4v) is 26.6. The van der Waals surface area contributed by atoms with Crippen LogP contribution in [0.25, 0.3) is 177 Å². The van der Waals surface area contributed by atoms with Gasteiger partial charge in [0.05, 0.1) is 22.3 Å². The van der Waals surface area contributed by atoms with E-state index in [-0.39, 0.29) is 32.5 Å². The third kappa shape index (κ3) is 14.8. The van der Waals surface area contributed by atoms with E-state index in [1.165, 1.54) is 247 Å². The number of hydrogen-bond donors (Lipinski definition) is 0. The molecule has 0 aliphatic heterocycles. The van der Waals surface area contributed by atoms with E-state index < -0.39 is 0 Å². The van der Waals surface area contributed by atoms with Crippen LogP contribution in [0.1, 0.15) is 223 Å². The van der Waals surface area contributed by atoms with Gasteiger partial charge in [-0.3, -0.25) is 0 Å². The molecule has 0 N–H and O–H groups in total. The Morgan fingerprint density at radius 3 is 0.993 bits per heavy atom. The summed E-state index contributed by atoms with van der Waals surface area (Å²) in [7, 11) is 8.46. The van der Waals surface area contributed by atoms with Crippen molar-refractivity contribution in [1.82, 2.24) is 0 Å². The largest absolute Gasteiger partial charge is 0.455 e. The maximum Gasteiger partial charge on any atom is 0.216 e. The zero-order valence-corrected chi connectivity index (χ0v) is 86.6. The van der Waals surface area contributed by atoms with Crippen LogP contribution in [0, 0.1) is 78.1 Å². The van der Waals surface area contributed by atoms with Gasteiger partial charge >= 0.3 is 0 Å². The Labute approximate surface area is 826 Å². The van der Waals surface area contributed by atoms with E-state index in [9.17, 15) is 0 Å². The SMILES string of the molecule is Cc1cc[n+](C)c(-c2c(C)ccc3c2oc2cc4c(cc23)-c2ccccc2C4(CC(C)(C)C)CC(C)(C)C)c1.Cc1cc[n+](C)c(-c2c(C)ccc3c2oc2cc4c(cc23)-c2ccccc2C4(CC(C)C)CC(C)C)c1.Cc1cc[n+](C)c(-c2c(C)ccc3c2oc2cc4c(cc23)-c2ccccc2C42CCCC2)c1.Cc1cc[n+](C)c(-c2c(C)ccc3c2oc2ccc4c(c23)C(C)(C)c2ccccc2-4)c1. The first kappa shape index (κ1) is 91.5. The van der Waals surface area contributed by atoms with Crippen LogP contribution in [-0.4, -0.2) is 0 Å². The molecule has 140 heavy (non-hydrogen) atoms. The lowest BCUT2D eigenvalue weighted by Crippen LogP contribution is -2.35. The van der Waals surface area contributed by atoms with E-state index in [0.717, 1.165) is 70.3 Å². The van der Waals surface area contributed by atoms with E-state index in [0.29, 0.717) is 11.8 Å². The minimum atomic E-state index is -0.0682. The minimum Gasteiger partial charge on any atom is -0.455 e. The van der Waals surface area contributed by atoms with Crippen LogP contribution in [0.4, 0.5) is 0 Å². The second-order valence-electron chi connectivity index (χ2n) is 46.2. The molecular formula is C132H134N4O4+4. The fourth-order valence-electron chi connectivity index (χ4n) is 26.6. The van der Waals surface area contributed by atoms with Gasteiger partial charge in [0.1, 0.15) is 72.9 Å². The molecule has 25 rings (SSSR count). The van der Waals surface area contributed by atoms with Crippen molar-refractivity contribution < 1.29 is 35.9 Å². The van der Waals surface area contributed by atoms with E-state index >= 15 is 0 Å². The summed E-state index contributed by atoms with van der Waals surface area (Å²) in [5, 5.41) is 9.70. The third-order valence-corrected chi connectivity index (χ3v) is 32.1. The van der Waals surface area contributed by atoms with Crippen molar-refractivity contribution in [3.63, 3.8) is 0 Å². The fraction of sp³-hybridized carbons (Fsp3) is 0.303. The Hall–Kier alpha value is -13.6. The molecule has 12 aromatic carbocycles. The van der Waals surface area contributed by atoms with Gasteiger partial charge in [0.25, 0.3) is 0 Å². The summed E-state index contributed by atoms with van der Waals surface area (Å²) in [6.45, 7) is 45.8. The summed E-state index contributed by atoms with van der Waals surface area (Å²) >= 11 is 0. The molecule has 5 aliphatic carbocycles. The van der Waals surface area contributed by atoms with Crippen LogP contribution in [0.2, 0.25) is 0 Å². The van der Waals surface area contributed by atoms with E-state index in [4.69, 9.17) is 17.7 Å². The maximum absolute atomic E-state index is 6.88. The Bertz CT molecular complexity index is 8510. The summed E-state index contributed by atoms with van der Waals surface area (Å²) in [5.74, 6) is 1.19. The molecule has 1 spiro atoms. The normalized spacial score (nSPS) is 14.8. The molecule has 1 fully saturated rings. The number of rotatable bonds is 10. The molecule has 702 valence electrons. The third-order valence-electron chi connectivity index (χ3n) is 32.1. The summed E-state index contributed by atoms with van der Waals surface area (Å²) in [6.07, 6.45) is 18.1. The van der Waals surface area contributed by atoms with Crippen LogP contribution < -0.4 is 18.3 Å². The average molecular weight is 1840 g/mol. The Kier molecular flexibility index (Phi) is 22.0. The molecule has 0 atom stereocenters. The molecule has 8 aromatic heterocycles. The average Bonchev–Trinajstić information content (AvgIpc) is 1.55. The van der Waals surface area contributed by atoms with Crippen molar-refractivity contribution >= 4 is 87.8 Å². The standard InChI is InChI=1S/C37H42NO.C35H38NO.C31H28NO.C29H26NO/c1-23-16-17-38(9)31(18-23)33-24(2)14-15-26-28-19-27-25-12-10-11-13-29(25)37(21-35(3,4)5,22-36(6,7)8)30(27)20-32(28)39-34(26)33;1-21(2)19-35(20-22(3)4)29-11-9-8-10-25(29)27-17-28-26-13-12-24(6)33(31-16-23(5)14-15-36(31)7)34(26)37-32(28)18-30(27)35;1-19-12-15-32(3)27(16-19)29-20(2)10-11-22-24-17-23-21-8-4-5-9-25(21)31(13-6-7-14-31)26(23)18-28(24)33-30(22)29;1-17-14-15-30(5)23(16-17)25-18(2)10-11-21-26-24(31-28(21)25)13-12-20-19-8-6-7-9-22(19)29(3,4)27(20)26/h10-20H,21-22H2,1-9H3;8-18,21-22H,19-20H2,1-7H3;4-5,8-12,15-18H,6-7,13-14H2,1-3H3;6-16H,1-5H3/q4*+1. The molecule has 5 aliphatic rings. The summed E-state index contributed by atoms with van der Waals surface area (Å²) in [6, 6.07) is 90.6. The van der Waals surface area contributed by atoms with E-state index in [2.05, 4.69) is 452 Å². The zero-order chi connectivity index (χ0) is 97.8. The monoisotopic (exact) mass is 1840 g/mol. The topological polar surface area (TPSA) is 68.1 Å². The highest BCUT2D eigenvalue weighted by Gasteiger charge is 2.51. The second-order valence-corrected chi connectivity index (χ2v) is 46.2. The molecular weight excluding hydrogens is 1710 g/mol. The molecule has 8 heterocycles. The van der Waals surface area contributed by atoms with Gasteiger partial charge < -0.3 is 17.7 Å². The summed E-state index contributed by atoms with van der Waals surface area (Å²) in [5.41, 5.74) is 50.5. The Morgan fingerprint density at radius 2 is 0.607 bits per heavy atom. The predicted molar refractivity (Wildman–Crippen MR) is 581 cm³/mol. The highest BCUT2D eigenvalue weighted by Crippen LogP contribution is 2.63. The van der Waals surface area contributed by atoms with Crippen molar-refractivity contribution in [3.8, 4) is 89.5 Å². The van der Waals surface area contributed by atoms with E-state index in [1.54, 1.807) is 0 Å². The number of furan rings is 4. The predicted octanol–water partition coefficient (Wildman–Crippen LogP) is 33.4. The van der Waals surface area contributed by atoms with Crippen molar-refractivity contribution in [2.45, 2.75) is 212 Å². The van der Waals surface area contributed by atoms with Crippen molar-refractivity contribution in [1.29, 1.82) is 0 Å². The Morgan fingerprint density at radius 1 is 0.293 bits per heavy atom. The van der Waals surface area contributed by atoms with Crippen molar-refractivity contribution in [2.75, 3.05) is 0 Å². The van der Waals surface area contributed by atoms with Crippen LogP contribution in [0.5, 0.6) is 0 Å². The summed E-state index contributed by atoms with van der Waals surface area (Å²) < 4.78 is 35.8. The molecule has 8 nitrogen and oxygen atoms in total. The van der Waals surface area contributed by atoms with Crippen LogP contribution >= 0.6 is 0 Å². The van der Waals surface area contributed by atoms with Gasteiger partial charge in [-0.15, -0.1) is 0 Å². The van der Waals surface area contributed by atoms with Gasteiger partial charge in [0.15, 0.2) is 24.8 Å². The molecule has 8 heteroatoms. The van der Waals surface area contributed by atoms with Crippen molar-refractivity contribution in [3.05, 3.63) is 356 Å². The number of fused-ring (bicyclic) bond motifs is 27. The number of nitrogens with zero attached hydrogens (tertiary/aromatic N) is 4. The van der Waals surface area contributed by atoms with Gasteiger partial charge in [-0.05, 0) is 293 Å². The second kappa shape index (κ2) is 33.6. The number of pyridine rings is 4. The maximum atomic E-state index is 6.88. The van der Waals surface area contributed by atoms with Crippen LogP contribution in [0.3, 0.4) is 0 Å². The number of aryl methyl sites for hydroxylation is 12. The molecule has 0 unspecified atom stereocenters. The van der Waals surface area contributed by atoms with Gasteiger partial charge in [-0.2, -0.15) is 0 Å². The molecule has 0 bridgehead atoms.